The number of rotatable bonds is 8. The van der Waals surface area contributed by atoms with Crippen LogP contribution in [0.15, 0.2) is 34.1 Å². The average molecular weight is 438 g/mol. The van der Waals surface area contributed by atoms with E-state index in [1.807, 2.05) is 56.0 Å². The molecule has 0 atom stereocenters. The van der Waals surface area contributed by atoms with E-state index in [4.69, 9.17) is 0 Å². The van der Waals surface area contributed by atoms with E-state index in [1.54, 1.807) is 11.3 Å². The quantitative estimate of drug-likeness (QED) is 0.661. The van der Waals surface area contributed by atoms with Crippen molar-refractivity contribution in [3.63, 3.8) is 0 Å². The number of thiophene rings is 1. The Morgan fingerprint density at radius 1 is 1.12 bits per heavy atom. The molecule has 2 N–H and O–H groups in total. The third kappa shape index (κ3) is 6.23. The van der Waals surface area contributed by atoms with E-state index >= 15 is 0 Å². The summed E-state index contributed by atoms with van der Waals surface area (Å²) in [6.07, 6.45) is 0. The maximum Gasteiger partial charge on any atom is 0.243 e. The molecule has 7 heteroatoms. The molecule has 0 aliphatic rings. The van der Waals surface area contributed by atoms with Gasteiger partial charge in [0.25, 0.3) is 0 Å². The molecule has 26 heavy (non-hydrogen) atoms. The summed E-state index contributed by atoms with van der Waals surface area (Å²) in [7, 11) is 0. The highest BCUT2D eigenvalue weighted by molar-refractivity contribution is 9.11. The highest BCUT2D eigenvalue weighted by Gasteiger charge is 2.13. The molecule has 0 aliphatic carbocycles. The van der Waals surface area contributed by atoms with Crippen molar-refractivity contribution in [2.45, 2.75) is 27.3 Å². The maximum atomic E-state index is 12.2. The zero-order valence-electron chi connectivity index (χ0n) is 15.3. The molecule has 1 heterocycles. The van der Waals surface area contributed by atoms with Crippen LogP contribution in [0.25, 0.3) is 0 Å². The molecular formula is C19H24BrN3O2S. The van der Waals surface area contributed by atoms with Crippen molar-refractivity contribution in [2.24, 2.45) is 0 Å². The van der Waals surface area contributed by atoms with Crippen LogP contribution in [0.1, 0.15) is 22.9 Å². The van der Waals surface area contributed by atoms with Crippen molar-refractivity contribution < 1.29 is 9.59 Å². The molecule has 1 aromatic heterocycles. The molecule has 5 nitrogen and oxygen atoms in total. The minimum atomic E-state index is -0.221. The molecule has 2 aromatic rings. The lowest BCUT2D eigenvalue weighted by Gasteiger charge is -2.19. The second-order valence-corrected chi connectivity index (χ2v) is 8.65. The number of carbonyl (C=O) groups excluding carboxylic acids is 2. The summed E-state index contributed by atoms with van der Waals surface area (Å²) in [5.74, 6) is -0.375. The lowest BCUT2D eigenvalue weighted by molar-refractivity contribution is -0.125. The Labute approximate surface area is 166 Å². The van der Waals surface area contributed by atoms with Gasteiger partial charge in [-0.25, -0.2) is 0 Å². The lowest BCUT2D eigenvalue weighted by Crippen LogP contribution is -2.40. The van der Waals surface area contributed by atoms with Gasteiger partial charge < -0.3 is 10.6 Å². The molecular weight excluding hydrogens is 414 g/mol. The molecule has 0 spiro atoms. The van der Waals surface area contributed by atoms with Crippen LogP contribution >= 0.6 is 27.3 Å². The fourth-order valence-electron chi connectivity index (χ4n) is 2.57. The third-order valence-electron chi connectivity index (χ3n) is 4.01. The summed E-state index contributed by atoms with van der Waals surface area (Å²) >= 11 is 5.11. The van der Waals surface area contributed by atoms with Gasteiger partial charge >= 0.3 is 0 Å². The summed E-state index contributed by atoms with van der Waals surface area (Å²) in [5, 5.41) is 5.57. The Kier molecular flexibility index (Phi) is 7.81. The predicted molar refractivity (Wildman–Crippen MR) is 111 cm³/mol. The second kappa shape index (κ2) is 9.85. The van der Waals surface area contributed by atoms with E-state index in [9.17, 15) is 9.59 Å². The summed E-state index contributed by atoms with van der Waals surface area (Å²) < 4.78 is 1.08. The number of aryl methyl sites for hydroxylation is 2. The Hall–Kier alpha value is -1.70. The number of anilines is 1. The highest BCUT2D eigenvalue weighted by Crippen LogP contribution is 2.23. The van der Waals surface area contributed by atoms with Crippen molar-refractivity contribution in [3.05, 3.63) is 50.1 Å². The monoisotopic (exact) mass is 437 g/mol. The normalized spacial score (nSPS) is 10.8. The zero-order valence-corrected chi connectivity index (χ0v) is 17.7. The molecule has 140 valence electrons. The molecule has 0 fully saturated rings. The average Bonchev–Trinajstić information content (AvgIpc) is 3.00. The van der Waals surface area contributed by atoms with E-state index < -0.39 is 0 Å². The number of benzene rings is 1. The van der Waals surface area contributed by atoms with Crippen LogP contribution in [0.3, 0.4) is 0 Å². The second-order valence-electron chi connectivity index (χ2n) is 6.10. The fraction of sp³-hybridized carbons (Fsp3) is 0.368. The molecule has 0 radical (unpaired) electrons. The topological polar surface area (TPSA) is 61.4 Å². The van der Waals surface area contributed by atoms with Crippen molar-refractivity contribution >= 4 is 44.8 Å². The van der Waals surface area contributed by atoms with E-state index in [0.29, 0.717) is 0 Å². The first-order valence-electron chi connectivity index (χ1n) is 8.48. The van der Waals surface area contributed by atoms with Crippen molar-refractivity contribution in [2.75, 3.05) is 25.0 Å². The standard InChI is InChI=1S/C19H24BrN3O2S/c1-4-23(11-15-8-9-16(20)26-15)12-18(25)21-10-17(24)22-19-13(2)6-5-7-14(19)3/h5-9H,4,10-12H2,1-3H3,(H,21,25)(H,22,24). The van der Waals surface area contributed by atoms with Crippen LogP contribution < -0.4 is 10.6 Å². The lowest BCUT2D eigenvalue weighted by atomic mass is 10.1. The predicted octanol–water partition coefficient (Wildman–Crippen LogP) is 3.70. The van der Waals surface area contributed by atoms with Gasteiger partial charge in [-0.05, 0) is 59.6 Å². The Balaban J connectivity index is 1.80. The van der Waals surface area contributed by atoms with Gasteiger partial charge in [0.15, 0.2) is 0 Å². The van der Waals surface area contributed by atoms with E-state index in [0.717, 1.165) is 33.7 Å². The smallest absolute Gasteiger partial charge is 0.243 e. The van der Waals surface area contributed by atoms with Gasteiger partial charge in [-0.1, -0.05) is 25.1 Å². The summed E-state index contributed by atoms with van der Waals surface area (Å²) in [4.78, 5) is 27.5. The Bertz CT molecular complexity index is 756. The summed E-state index contributed by atoms with van der Waals surface area (Å²) in [6, 6.07) is 9.90. The SMILES string of the molecule is CCN(CC(=O)NCC(=O)Nc1c(C)cccc1C)Cc1ccc(Br)s1. The van der Waals surface area contributed by atoms with Crippen LogP contribution in [0, 0.1) is 13.8 Å². The molecule has 0 saturated carbocycles. The Morgan fingerprint density at radius 3 is 2.38 bits per heavy atom. The number of likely N-dealkylation sites (N-methyl/N-ethyl adjacent to an activating group) is 1. The summed E-state index contributed by atoms with van der Waals surface area (Å²) in [6.45, 7) is 7.62. The van der Waals surface area contributed by atoms with Gasteiger partial charge in [0.1, 0.15) is 0 Å². The molecule has 0 unspecified atom stereocenters. The fourth-order valence-corrected chi connectivity index (χ4v) is 4.10. The number of amides is 2. The third-order valence-corrected chi connectivity index (χ3v) is 5.62. The zero-order chi connectivity index (χ0) is 19.1. The first-order chi connectivity index (χ1) is 12.4. The number of para-hydroxylation sites is 1. The minimum absolute atomic E-state index is 0.0330. The van der Waals surface area contributed by atoms with Crippen molar-refractivity contribution in [1.29, 1.82) is 0 Å². The van der Waals surface area contributed by atoms with Crippen LogP contribution in [0.4, 0.5) is 5.69 Å². The van der Waals surface area contributed by atoms with Crippen LogP contribution in [-0.2, 0) is 16.1 Å². The number of carbonyl (C=O) groups is 2. The van der Waals surface area contributed by atoms with Gasteiger partial charge in [-0.2, -0.15) is 0 Å². The van der Waals surface area contributed by atoms with Crippen molar-refractivity contribution in [3.8, 4) is 0 Å². The molecule has 0 aliphatic heterocycles. The highest BCUT2D eigenvalue weighted by atomic mass is 79.9. The molecule has 2 amide bonds. The van der Waals surface area contributed by atoms with Gasteiger partial charge in [0, 0.05) is 17.1 Å². The van der Waals surface area contributed by atoms with Crippen LogP contribution in [0.2, 0.25) is 0 Å². The molecule has 2 rings (SSSR count). The van der Waals surface area contributed by atoms with Crippen molar-refractivity contribution in [1.82, 2.24) is 10.2 Å². The van der Waals surface area contributed by atoms with E-state index in [-0.39, 0.29) is 24.9 Å². The van der Waals surface area contributed by atoms with Gasteiger partial charge in [-0.15, -0.1) is 11.3 Å². The van der Waals surface area contributed by atoms with Gasteiger partial charge in [-0.3, -0.25) is 14.5 Å². The Morgan fingerprint density at radius 2 is 1.81 bits per heavy atom. The maximum absolute atomic E-state index is 12.2. The van der Waals surface area contributed by atoms with E-state index in [2.05, 4.69) is 26.6 Å². The first-order valence-corrected chi connectivity index (χ1v) is 10.1. The molecule has 0 bridgehead atoms. The number of hydrogen-bond acceptors (Lipinski definition) is 4. The molecule has 1 aromatic carbocycles. The minimum Gasteiger partial charge on any atom is -0.346 e. The van der Waals surface area contributed by atoms with Gasteiger partial charge in [0.2, 0.25) is 11.8 Å². The first kappa shape index (κ1) is 20.6. The number of halogens is 1. The number of hydrogen-bond donors (Lipinski definition) is 2. The van der Waals surface area contributed by atoms with Crippen LogP contribution in [-0.4, -0.2) is 36.3 Å². The molecule has 0 saturated heterocycles. The number of nitrogens with one attached hydrogen (secondary N) is 2. The van der Waals surface area contributed by atoms with Gasteiger partial charge in [0.05, 0.1) is 16.9 Å². The largest absolute Gasteiger partial charge is 0.346 e. The summed E-state index contributed by atoms with van der Waals surface area (Å²) in [5.41, 5.74) is 2.82. The van der Waals surface area contributed by atoms with Crippen LogP contribution in [0.5, 0.6) is 0 Å². The number of nitrogens with zero attached hydrogens (tertiary/aromatic N) is 1. The van der Waals surface area contributed by atoms with E-state index in [1.165, 1.54) is 4.88 Å².